The van der Waals surface area contributed by atoms with Crippen LogP contribution in [0.4, 0.5) is 0 Å². The molecule has 0 amide bonds. The number of rotatable bonds is 0. The summed E-state index contributed by atoms with van der Waals surface area (Å²) in [7, 11) is 0. The van der Waals surface area contributed by atoms with E-state index in [1.165, 1.54) is 0 Å². The fourth-order valence-electron chi connectivity index (χ4n) is 0. The molecule has 46 valence electrons. The molecule has 0 bridgehead atoms. The van der Waals surface area contributed by atoms with Gasteiger partial charge in [0, 0.05) is 0 Å². The minimum Gasteiger partial charge on any atom is -0.693 e. The summed E-state index contributed by atoms with van der Waals surface area (Å²) in [6.45, 7) is 0. The summed E-state index contributed by atoms with van der Waals surface area (Å²) < 4.78 is 0. The zero-order chi connectivity index (χ0) is 0. The Kier molecular flexibility index (Phi) is 104000. The second-order valence-corrected chi connectivity index (χ2v) is 0. The molecule has 0 rings (SSSR count). The first kappa shape index (κ1) is 1050. The summed E-state index contributed by atoms with van der Waals surface area (Å²) in [5, 5.41) is 0. The van der Waals surface area contributed by atoms with Crippen LogP contribution in [-0.4, -0.2) is 0 Å². The second-order valence-electron chi connectivity index (χ2n) is 0. The van der Waals surface area contributed by atoms with Crippen LogP contribution < -0.4 is 0 Å². The molecule has 10 N–H and O–H groups in total. The van der Waals surface area contributed by atoms with Crippen molar-refractivity contribution in [2.24, 2.45) is 0 Å². The molecule has 0 aromatic heterocycles. The minimum absolute atomic E-state index is 0. The number of hydrogen-bond acceptors (Lipinski definition) is 0. The van der Waals surface area contributed by atoms with Gasteiger partial charge in [0.1, 0.15) is 0 Å². The van der Waals surface area contributed by atoms with Crippen molar-refractivity contribution in [2.45, 2.75) is 0 Å². The van der Waals surface area contributed by atoms with E-state index in [9.17, 15) is 0 Å². The van der Waals surface area contributed by atoms with Gasteiger partial charge in [-0.25, -0.2) is 0 Å². The molecule has 0 fully saturated rings. The van der Waals surface area contributed by atoms with Crippen LogP contribution in [-0.2, 0) is 19.5 Å². The smallest absolute Gasteiger partial charge is 0.693 e. The van der Waals surface area contributed by atoms with Gasteiger partial charge in [0.25, 0.3) is 0 Å². The maximum Gasteiger partial charge on any atom is 2.00 e. The third-order valence-corrected chi connectivity index (χ3v) is 0. The van der Waals surface area contributed by atoms with Gasteiger partial charge >= 0.3 is 19.5 Å². The van der Waals surface area contributed by atoms with Gasteiger partial charge in [-0.05, 0) is 0 Å². The van der Waals surface area contributed by atoms with E-state index in [4.69, 9.17) is 0 Å². The van der Waals surface area contributed by atoms with Crippen molar-refractivity contribution in [1.82, 2.24) is 0 Å². The van der Waals surface area contributed by atoms with Crippen molar-refractivity contribution in [3.63, 3.8) is 0 Å². The first-order chi connectivity index (χ1) is 0. The Morgan fingerprint density at radius 3 is 0.333 bits per heavy atom. The van der Waals surface area contributed by atoms with E-state index < -0.39 is 0 Å². The van der Waals surface area contributed by atoms with Crippen LogP contribution in [0.15, 0.2) is 0 Å². The first-order valence-corrected chi connectivity index (χ1v) is 0. The maximum absolute atomic E-state index is 0. The van der Waals surface area contributed by atoms with Gasteiger partial charge in [-0.3, -0.25) is 0 Å². The average Bonchev–Trinajstić information content (AvgIpc) is 0. The van der Waals surface area contributed by atoms with Crippen molar-refractivity contribution in [1.29, 1.82) is 0 Å². The van der Waals surface area contributed by atoms with E-state index in [0.29, 0.717) is 0 Å². The van der Waals surface area contributed by atoms with E-state index in [1.54, 1.807) is 0 Å². The Hall–Kier alpha value is 0.423. The molecule has 0 spiro atoms. The Balaban J connectivity index is 0. The van der Waals surface area contributed by atoms with Crippen LogP contribution in [0.3, 0.4) is 0 Å². The molecule has 5 nitrogen and oxygen atoms in total. The van der Waals surface area contributed by atoms with Crippen LogP contribution in [0, 0.1) is 0 Å². The zero-order valence-corrected chi connectivity index (χ0v) is 4.98. The van der Waals surface area contributed by atoms with Crippen molar-refractivity contribution >= 4 is 0 Å². The summed E-state index contributed by atoms with van der Waals surface area (Å²) in [4.78, 5) is 0. The molecule has 0 saturated carbocycles. The molecule has 0 saturated heterocycles. The molecule has 0 aliphatic heterocycles. The summed E-state index contributed by atoms with van der Waals surface area (Å²) >= 11 is 0. The number of nitrogens with two attached hydrogens (primary N) is 5. The van der Waals surface area contributed by atoms with Crippen molar-refractivity contribution in [3.8, 4) is 0 Å². The molecule has 0 unspecified atom stereocenters. The third-order valence-electron chi connectivity index (χ3n) is 0. The monoisotopic (exact) mass is 182 g/mol. The van der Waals surface area contributed by atoms with Crippen LogP contribution in [0.5, 0.6) is 0 Å². The van der Waals surface area contributed by atoms with Gasteiger partial charge in [-0.15, -0.1) is 0 Å². The predicted molar refractivity (Wildman–Crippen MR) is 26.4 cm³/mol. The van der Waals surface area contributed by atoms with Crippen LogP contribution >= 0.6 is 0 Å². The van der Waals surface area contributed by atoms with Crippen molar-refractivity contribution in [2.75, 3.05) is 0 Å². The molecule has 6 heteroatoms. The fraction of sp³-hybridized carbons (Fsp3) is 0. The molecule has 0 atom stereocenters. The van der Waals surface area contributed by atoms with Gasteiger partial charge in [-0.2, -0.15) is 0 Å². The van der Waals surface area contributed by atoms with Crippen LogP contribution in [0.1, 0.15) is 0 Å². The Bertz CT molecular complexity index is 3.90. The summed E-state index contributed by atoms with van der Waals surface area (Å²) in [5.41, 5.74) is 0. The number of hydrogen-bond donors (Lipinski definition) is 0. The second kappa shape index (κ2) is 592. The van der Waals surface area contributed by atoms with Crippen LogP contribution in [0.25, 0.3) is 30.8 Å². The molecule has 0 aliphatic carbocycles. The van der Waals surface area contributed by atoms with Gasteiger partial charge < -0.3 is 30.8 Å². The third kappa shape index (κ3) is 289. The Morgan fingerprint density at radius 1 is 0.333 bits per heavy atom. The SMILES string of the molecule is [NH2-].[NH2-].[NH2-].[NH2-].[NH2-].[Ru+2]. The maximum atomic E-state index is 0. The van der Waals surface area contributed by atoms with Gasteiger partial charge in [0.15, 0.2) is 0 Å². The fourth-order valence-corrected chi connectivity index (χ4v) is 0. The van der Waals surface area contributed by atoms with Gasteiger partial charge in [0.05, 0.1) is 0 Å². The van der Waals surface area contributed by atoms with Crippen LogP contribution in [0.2, 0.25) is 0 Å². The van der Waals surface area contributed by atoms with Crippen molar-refractivity contribution < 1.29 is 19.5 Å². The van der Waals surface area contributed by atoms with E-state index in [2.05, 4.69) is 0 Å². The first-order valence-electron chi connectivity index (χ1n) is 0. The van der Waals surface area contributed by atoms with E-state index in [-0.39, 0.29) is 50.2 Å². The molecule has 0 heterocycles. The molecular weight excluding hydrogens is 171 g/mol. The largest absolute Gasteiger partial charge is 2.00 e. The standard InChI is InChI=1S/5H2N.Ru/h5*1H2;/q5*-1;+2. The summed E-state index contributed by atoms with van der Waals surface area (Å²) in [6, 6.07) is 0. The van der Waals surface area contributed by atoms with Crippen molar-refractivity contribution in [3.05, 3.63) is 30.8 Å². The molecule has 0 aromatic carbocycles. The van der Waals surface area contributed by atoms with Gasteiger partial charge in [0.2, 0.25) is 0 Å². The summed E-state index contributed by atoms with van der Waals surface area (Å²) in [6.07, 6.45) is 0. The molecule has 6 heavy (non-hydrogen) atoms. The average molecular weight is 181 g/mol. The van der Waals surface area contributed by atoms with E-state index in [1.807, 2.05) is 0 Å². The van der Waals surface area contributed by atoms with E-state index >= 15 is 0 Å². The van der Waals surface area contributed by atoms with Gasteiger partial charge in [-0.1, -0.05) is 0 Å². The van der Waals surface area contributed by atoms with E-state index in [0.717, 1.165) is 0 Å². The molecular formula is H10N5Ru-3. The zero-order valence-electron chi connectivity index (χ0n) is 3.24. The normalized spacial score (nSPS) is 0. The molecule has 0 radical (unpaired) electrons. The topological polar surface area (TPSA) is 168 Å². The quantitative estimate of drug-likeness (QED) is 0.498. The predicted octanol–water partition coefficient (Wildman–Crippen LogP) is 3.58. The molecule has 0 aromatic rings. The Labute approximate surface area is 50.9 Å². The minimum atomic E-state index is 0. The molecule has 0 aliphatic rings. The Morgan fingerprint density at radius 2 is 0.333 bits per heavy atom. The summed E-state index contributed by atoms with van der Waals surface area (Å²) in [5.74, 6) is 0.